The molecule has 0 saturated carbocycles. The average molecular weight is 571 g/mol. The maximum absolute atomic E-state index is 10.6. The molecular weight excluding hydrogens is 553 g/mol. The minimum atomic E-state index is -1.13. The van der Waals surface area contributed by atoms with Crippen molar-refractivity contribution in [2.45, 2.75) is 13.8 Å². The average Bonchev–Trinajstić information content (AvgIpc) is 2.67. The maximum atomic E-state index is 10.6. The van der Waals surface area contributed by atoms with Crippen LogP contribution in [0.25, 0.3) is 21.5 Å². The van der Waals surface area contributed by atoms with E-state index in [2.05, 4.69) is 0 Å². The fourth-order valence-corrected chi connectivity index (χ4v) is 2.98. The molecular formula is C24H18HgO4. The Bertz CT molecular complexity index is 1100. The van der Waals surface area contributed by atoms with Crippen LogP contribution in [0.2, 0.25) is 0 Å². The second-order valence-electron chi connectivity index (χ2n) is 6.71. The third kappa shape index (κ3) is 5.64. The summed E-state index contributed by atoms with van der Waals surface area (Å²) in [5, 5.41) is 25.2. The summed E-state index contributed by atoms with van der Waals surface area (Å²) in [6.07, 6.45) is 0. The van der Waals surface area contributed by atoms with Gasteiger partial charge in [-0.3, -0.25) is 0 Å². The van der Waals surface area contributed by atoms with E-state index >= 15 is 0 Å². The van der Waals surface area contributed by atoms with Crippen molar-refractivity contribution in [3.05, 3.63) is 95.1 Å². The zero-order chi connectivity index (χ0) is 20.3. The number of aryl methyl sites for hydroxylation is 2. The molecule has 4 aromatic carbocycles. The summed E-state index contributed by atoms with van der Waals surface area (Å²) < 4.78 is 0. The first kappa shape index (κ1) is 22.6. The van der Waals surface area contributed by atoms with Crippen molar-refractivity contribution < 1.29 is 47.5 Å². The molecule has 29 heavy (non-hydrogen) atoms. The Morgan fingerprint density at radius 1 is 0.552 bits per heavy atom. The molecule has 4 nitrogen and oxygen atoms in total. The molecule has 0 atom stereocenters. The molecule has 0 unspecified atom stereocenters. The van der Waals surface area contributed by atoms with Crippen molar-refractivity contribution in [2.24, 2.45) is 0 Å². The molecule has 0 N–H and O–H groups in total. The van der Waals surface area contributed by atoms with E-state index in [1.165, 1.54) is 11.1 Å². The van der Waals surface area contributed by atoms with E-state index in [-0.39, 0.29) is 38.8 Å². The number of carboxylic acid groups (broad SMARTS) is 2. The Hall–Kier alpha value is -2.72. The van der Waals surface area contributed by atoms with E-state index in [4.69, 9.17) is 0 Å². The van der Waals surface area contributed by atoms with Gasteiger partial charge in [-0.05, 0) is 58.7 Å². The van der Waals surface area contributed by atoms with E-state index in [0.29, 0.717) is 0 Å². The molecule has 0 fully saturated rings. The summed E-state index contributed by atoms with van der Waals surface area (Å²) in [5.74, 6) is -2.26. The Morgan fingerprint density at radius 2 is 0.862 bits per heavy atom. The molecule has 0 spiro atoms. The van der Waals surface area contributed by atoms with Crippen molar-refractivity contribution in [3.63, 3.8) is 0 Å². The van der Waals surface area contributed by atoms with Crippen molar-refractivity contribution >= 4 is 33.5 Å². The third-order valence-corrected chi connectivity index (χ3v) is 4.46. The first-order valence-corrected chi connectivity index (χ1v) is 8.77. The smallest absolute Gasteiger partial charge is 0.545 e. The number of hydrogen-bond donors (Lipinski definition) is 0. The number of rotatable bonds is 2. The topological polar surface area (TPSA) is 80.3 Å². The SMILES string of the molecule is Cc1ccc2cc(C(=O)[O-])ccc2c1.Cc1ccc2cc(C(=O)[O-])ccc2c1.[Hg+2]. The summed E-state index contributed by atoms with van der Waals surface area (Å²) in [6, 6.07) is 21.8. The monoisotopic (exact) mass is 572 g/mol. The summed E-state index contributed by atoms with van der Waals surface area (Å²) >= 11 is 0. The zero-order valence-corrected chi connectivity index (χ0v) is 21.8. The van der Waals surface area contributed by atoms with Crippen molar-refractivity contribution in [2.75, 3.05) is 0 Å². The molecule has 0 aliphatic rings. The molecule has 0 aromatic heterocycles. The van der Waals surface area contributed by atoms with Gasteiger partial charge in [0.05, 0.1) is 11.9 Å². The van der Waals surface area contributed by atoms with Gasteiger partial charge in [0.2, 0.25) is 0 Å². The van der Waals surface area contributed by atoms with E-state index in [0.717, 1.165) is 21.5 Å². The second-order valence-corrected chi connectivity index (χ2v) is 6.71. The van der Waals surface area contributed by atoms with Gasteiger partial charge in [0.25, 0.3) is 0 Å². The van der Waals surface area contributed by atoms with Crippen molar-refractivity contribution in [1.29, 1.82) is 0 Å². The molecule has 140 valence electrons. The van der Waals surface area contributed by atoms with Crippen LogP contribution in [0, 0.1) is 13.8 Å². The van der Waals surface area contributed by atoms with Gasteiger partial charge in [0, 0.05) is 0 Å². The summed E-state index contributed by atoms with van der Waals surface area (Å²) in [6.45, 7) is 4.01. The Balaban J connectivity index is 0.000000200. The Morgan fingerprint density at radius 3 is 1.21 bits per heavy atom. The summed E-state index contributed by atoms with van der Waals surface area (Å²) in [4.78, 5) is 21.2. The first-order valence-electron chi connectivity index (χ1n) is 8.77. The van der Waals surface area contributed by atoms with Crippen LogP contribution in [-0.4, -0.2) is 11.9 Å². The summed E-state index contributed by atoms with van der Waals surface area (Å²) in [5.41, 5.74) is 2.78. The van der Waals surface area contributed by atoms with E-state index < -0.39 is 11.9 Å². The first-order chi connectivity index (χ1) is 13.3. The van der Waals surface area contributed by atoms with Crippen LogP contribution in [0.1, 0.15) is 31.8 Å². The molecule has 0 bridgehead atoms. The third-order valence-electron chi connectivity index (χ3n) is 4.46. The van der Waals surface area contributed by atoms with Gasteiger partial charge in [-0.2, -0.15) is 0 Å². The summed E-state index contributed by atoms with van der Waals surface area (Å²) in [7, 11) is 0. The van der Waals surface area contributed by atoms with Gasteiger partial charge in [-0.15, -0.1) is 0 Å². The van der Waals surface area contributed by atoms with Crippen LogP contribution >= 0.6 is 0 Å². The standard InChI is InChI=1S/2C12H10O2.Hg/c2*1-8-2-3-10-7-11(12(13)14)5-4-9(10)6-8;/h2*2-7H,1H3,(H,13,14);/q;;+2/p-2. The molecule has 0 heterocycles. The number of carbonyl (C=O) groups is 2. The van der Waals surface area contributed by atoms with Crippen LogP contribution in [0.4, 0.5) is 0 Å². The zero-order valence-electron chi connectivity index (χ0n) is 16.3. The molecule has 0 amide bonds. The normalized spacial score (nSPS) is 10.0. The van der Waals surface area contributed by atoms with Crippen LogP contribution < -0.4 is 10.2 Å². The number of aromatic carboxylic acids is 2. The van der Waals surface area contributed by atoms with Gasteiger partial charge < -0.3 is 19.8 Å². The van der Waals surface area contributed by atoms with Crippen molar-refractivity contribution in [3.8, 4) is 0 Å². The number of hydrogen-bond acceptors (Lipinski definition) is 4. The molecule has 5 heteroatoms. The van der Waals surface area contributed by atoms with E-state index in [1.807, 2.05) is 50.2 Å². The van der Waals surface area contributed by atoms with Gasteiger partial charge in [-0.1, -0.05) is 71.8 Å². The molecule has 0 saturated heterocycles. The second kappa shape index (κ2) is 9.66. The Kier molecular flexibility index (Phi) is 7.51. The van der Waals surface area contributed by atoms with Crippen LogP contribution in [0.5, 0.6) is 0 Å². The van der Waals surface area contributed by atoms with Crippen LogP contribution in [0.3, 0.4) is 0 Å². The van der Waals surface area contributed by atoms with Gasteiger partial charge >= 0.3 is 27.7 Å². The molecule has 0 aliphatic carbocycles. The quantitative estimate of drug-likeness (QED) is 0.347. The fourth-order valence-electron chi connectivity index (χ4n) is 2.98. The van der Waals surface area contributed by atoms with Crippen molar-refractivity contribution in [1.82, 2.24) is 0 Å². The minimum absolute atomic E-state index is 0. The predicted molar refractivity (Wildman–Crippen MR) is 106 cm³/mol. The minimum Gasteiger partial charge on any atom is -0.545 e. The van der Waals surface area contributed by atoms with Crippen LogP contribution in [-0.2, 0) is 27.7 Å². The molecule has 4 rings (SSSR count). The van der Waals surface area contributed by atoms with E-state index in [9.17, 15) is 19.8 Å². The molecule has 4 aromatic rings. The van der Waals surface area contributed by atoms with E-state index in [1.54, 1.807) is 36.4 Å². The van der Waals surface area contributed by atoms with Crippen LogP contribution in [0.15, 0.2) is 72.8 Å². The number of carboxylic acids is 2. The fraction of sp³-hybridized carbons (Fsp3) is 0.0833. The Labute approximate surface area is 189 Å². The molecule has 0 radical (unpaired) electrons. The van der Waals surface area contributed by atoms with Gasteiger partial charge in [0.15, 0.2) is 0 Å². The number of benzene rings is 4. The largest absolute Gasteiger partial charge is 2.00 e. The van der Waals surface area contributed by atoms with Gasteiger partial charge in [-0.25, -0.2) is 0 Å². The number of fused-ring (bicyclic) bond motifs is 2. The number of carbonyl (C=O) groups excluding carboxylic acids is 2. The maximum Gasteiger partial charge on any atom is 2.00 e. The molecule has 0 aliphatic heterocycles. The predicted octanol–water partition coefficient (Wildman–Crippen LogP) is 3.02. The van der Waals surface area contributed by atoms with Gasteiger partial charge in [0.1, 0.15) is 0 Å².